The van der Waals surface area contributed by atoms with E-state index in [4.69, 9.17) is 12.2 Å². The van der Waals surface area contributed by atoms with Crippen LogP contribution in [0.15, 0.2) is 11.3 Å². The van der Waals surface area contributed by atoms with Crippen LogP contribution in [-0.4, -0.2) is 5.78 Å². The summed E-state index contributed by atoms with van der Waals surface area (Å²) in [6, 6.07) is 0. The molecule has 0 fully saturated rings. The Labute approximate surface area is 66.5 Å². The molecule has 0 aromatic rings. The molecule has 0 saturated carbocycles. The van der Waals surface area contributed by atoms with Crippen molar-refractivity contribution in [3.8, 4) is 12.3 Å². The molecule has 0 aliphatic heterocycles. The van der Waals surface area contributed by atoms with Gasteiger partial charge < -0.3 is 5.73 Å². The smallest absolute Gasteiger partial charge is 0.161 e. The number of carbonyl (C=O) groups excluding carboxylic acids is 1. The van der Waals surface area contributed by atoms with E-state index in [1.54, 1.807) is 0 Å². The zero-order valence-corrected chi connectivity index (χ0v) is 6.39. The van der Waals surface area contributed by atoms with Crippen LogP contribution in [0.5, 0.6) is 0 Å². The Hall–Kier alpha value is -1.23. The van der Waals surface area contributed by atoms with Crippen molar-refractivity contribution in [2.24, 2.45) is 5.73 Å². The number of hydrogen-bond donors (Lipinski definition) is 1. The maximum Gasteiger partial charge on any atom is 0.161 e. The number of ketones is 1. The maximum absolute atomic E-state index is 11.2. The SMILES string of the molecule is C#CCC1=C(N)CCCC1=O. The van der Waals surface area contributed by atoms with E-state index in [0.717, 1.165) is 12.8 Å². The van der Waals surface area contributed by atoms with Gasteiger partial charge in [-0.25, -0.2) is 0 Å². The molecule has 1 aliphatic carbocycles. The van der Waals surface area contributed by atoms with Crippen molar-refractivity contribution in [2.45, 2.75) is 25.7 Å². The highest BCUT2D eigenvalue weighted by Gasteiger charge is 2.16. The number of Topliss-reactive ketones (excluding diaryl/α,β-unsaturated/α-hetero) is 1. The molecule has 0 amide bonds. The molecule has 0 saturated heterocycles. The Morgan fingerprint density at radius 3 is 2.82 bits per heavy atom. The second kappa shape index (κ2) is 3.25. The van der Waals surface area contributed by atoms with Crippen molar-refractivity contribution < 1.29 is 4.79 Å². The third-order valence-electron chi connectivity index (χ3n) is 1.85. The normalized spacial score (nSPS) is 18.3. The molecule has 11 heavy (non-hydrogen) atoms. The van der Waals surface area contributed by atoms with E-state index in [9.17, 15) is 4.79 Å². The molecule has 0 atom stereocenters. The summed E-state index contributed by atoms with van der Waals surface area (Å²) in [5, 5.41) is 0. The van der Waals surface area contributed by atoms with Gasteiger partial charge in [-0.1, -0.05) is 0 Å². The van der Waals surface area contributed by atoms with Crippen molar-refractivity contribution >= 4 is 5.78 Å². The number of carbonyl (C=O) groups is 1. The molecule has 0 spiro atoms. The third kappa shape index (κ3) is 1.62. The van der Waals surface area contributed by atoms with Crippen LogP contribution in [0, 0.1) is 12.3 Å². The topological polar surface area (TPSA) is 43.1 Å². The number of rotatable bonds is 1. The summed E-state index contributed by atoms with van der Waals surface area (Å²) in [4.78, 5) is 11.2. The standard InChI is InChI=1S/C9H11NO/c1-2-4-7-8(10)5-3-6-9(7)11/h1H,3-6,10H2. The molecule has 0 unspecified atom stereocenters. The zero-order chi connectivity index (χ0) is 8.27. The summed E-state index contributed by atoms with van der Waals surface area (Å²) in [6.45, 7) is 0. The molecule has 2 nitrogen and oxygen atoms in total. The van der Waals surface area contributed by atoms with Crippen LogP contribution < -0.4 is 5.73 Å². The number of terminal acetylenes is 1. The van der Waals surface area contributed by atoms with Gasteiger partial charge in [-0.05, 0) is 12.8 Å². The minimum absolute atomic E-state index is 0.131. The highest BCUT2D eigenvalue weighted by Crippen LogP contribution is 2.20. The van der Waals surface area contributed by atoms with Gasteiger partial charge in [-0.3, -0.25) is 4.79 Å². The number of hydrogen-bond acceptors (Lipinski definition) is 2. The summed E-state index contributed by atoms with van der Waals surface area (Å²) in [5.41, 5.74) is 6.98. The highest BCUT2D eigenvalue weighted by atomic mass is 16.1. The molecule has 0 heterocycles. The minimum Gasteiger partial charge on any atom is -0.402 e. The Balaban J connectivity index is 2.84. The molecule has 0 bridgehead atoms. The summed E-state index contributed by atoms with van der Waals surface area (Å²) in [7, 11) is 0. The Morgan fingerprint density at radius 1 is 1.55 bits per heavy atom. The van der Waals surface area contributed by atoms with Crippen LogP contribution in [0.2, 0.25) is 0 Å². The quantitative estimate of drug-likeness (QED) is 0.564. The van der Waals surface area contributed by atoms with Crippen molar-refractivity contribution in [1.82, 2.24) is 0 Å². The fraction of sp³-hybridized carbons (Fsp3) is 0.444. The third-order valence-corrected chi connectivity index (χ3v) is 1.85. The Kier molecular flexibility index (Phi) is 2.32. The molecule has 0 aromatic carbocycles. The lowest BCUT2D eigenvalue weighted by molar-refractivity contribution is -0.116. The van der Waals surface area contributed by atoms with Gasteiger partial charge in [-0.15, -0.1) is 12.3 Å². The first-order chi connectivity index (χ1) is 5.25. The van der Waals surface area contributed by atoms with Gasteiger partial charge in [-0.2, -0.15) is 0 Å². The van der Waals surface area contributed by atoms with Crippen molar-refractivity contribution in [2.75, 3.05) is 0 Å². The number of allylic oxidation sites excluding steroid dienone is 2. The van der Waals surface area contributed by atoms with E-state index in [1.807, 2.05) is 0 Å². The summed E-state index contributed by atoms with van der Waals surface area (Å²) in [6.07, 6.45) is 7.79. The van der Waals surface area contributed by atoms with Gasteiger partial charge in [0.2, 0.25) is 0 Å². The molecule has 58 valence electrons. The Bertz CT molecular complexity index is 245. The molecule has 2 N–H and O–H groups in total. The van der Waals surface area contributed by atoms with Gasteiger partial charge in [0, 0.05) is 24.1 Å². The maximum atomic E-state index is 11.2. The van der Waals surface area contributed by atoms with E-state index in [2.05, 4.69) is 5.92 Å². The summed E-state index contributed by atoms with van der Waals surface area (Å²) >= 11 is 0. The van der Waals surface area contributed by atoms with E-state index in [1.165, 1.54) is 0 Å². The second-order valence-electron chi connectivity index (χ2n) is 2.66. The largest absolute Gasteiger partial charge is 0.402 e. The van der Waals surface area contributed by atoms with Gasteiger partial charge >= 0.3 is 0 Å². The summed E-state index contributed by atoms with van der Waals surface area (Å²) < 4.78 is 0. The first kappa shape index (κ1) is 7.87. The monoisotopic (exact) mass is 149 g/mol. The molecule has 1 rings (SSSR count). The highest BCUT2D eigenvalue weighted by molar-refractivity contribution is 5.97. The molecule has 1 aliphatic rings. The van der Waals surface area contributed by atoms with Crippen LogP contribution in [0.25, 0.3) is 0 Å². The summed E-state index contributed by atoms with van der Waals surface area (Å²) in [5.74, 6) is 2.57. The fourth-order valence-corrected chi connectivity index (χ4v) is 1.23. The predicted octanol–water partition coefficient (Wildman–Crippen LogP) is 0.976. The van der Waals surface area contributed by atoms with Crippen molar-refractivity contribution in [3.63, 3.8) is 0 Å². The van der Waals surface area contributed by atoms with Gasteiger partial charge in [0.15, 0.2) is 5.78 Å². The van der Waals surface area contributed by atoms with Crippen molar-refractivity contribution in [1.29, 1.82) is 0 Å². The van der Waals surface area contributed by atoms with E-state index >= 15 is 0 Å². The average Bonchev–Trinajstić information content (AvgIpc) is 1.97. The minimum atomic E-state index is 0.131. The first-order valence-corrected chi connectivity index (χ1v) is 3.70. The molecular formula is C9H11NO. The zero-order valence-electron chi connectivity index (χ0n) is 6.39. The van der Waals surface area contributed by atoms with Crippen LogP contribution in [0.3, 0.4) is 0 Å². The lowest BCUT2D eigenvalue weighted by Gasteiger charge is -2.13. The lowest BCUT2D eigenvalue weighted by Crippen LogP contribution is -2.16. The van der Waals surface area contributed by atoms with E-state index in [-0.39, 0.29) is 5.78 Å². The van der Waals surface area contributed by atoms with Crippen LogP contribution in [0.4, 0.5) is 0 Å². The lowest BCUT2D eigenvalue weighted by atomic mass is 9.93. The molecule has 0 aromatic heterocycles. The predicted molar refractivity (Wildman–Crippen MR) is 43.5 cm³/mol. The van der Waals surface area contributed by atoms with Crippen LogP contribution >= 0.6 is 0 Å². The number of nitrogens with two attached hydrogens (primary N) is 1. The first-order valence-electron chi connectivity index (χ1n) is 3.70. The average molecular weight is 149 g/mol. The van der Waals surface area contributed by atoms with E-state index in [0.29, 0.717) is 24.1 Å². The fourth-order valence-electron chi connectivity index (χ4n) is 1.23. The van der Waals surface area contributed by atoms with E-state index < -0.39 is 0 Å². The molecule has 2 heteroatoms. The molecular weight excluding hydrogens is 138 g/mol. The van der Waals surface area contributed by atoms with Crippen LogP contribution in [0.1, 0.15) is 25.7 Å². The van der Waals surface area contributed by atoms with Gasteiger partial charge in [0.25, 0.3) is 0 Å². The van der Waals surface area contributed by atoms with Crippen molar-refractivity contribution in [3.05, 3.63) is 11.3 Å². The van der Waals surface area contributed by atoms with Gasteiger partial charge in [0.1, 0.15) is 0 Å². The van der Waals surface area contributed by atoms with Crippen LogP contribution in [-0.2, 0) is 4.79 Å². The molecule has 0 radical (unpaired) electrons. The van der Waals surface area contributed by atoms with Gasteiger partial charge in [0.05, 0.1) is 0 Å². The second-order valence-corrected chi connectivity index (χ2v) is 2.66. The Morgan fingerprint density at radius 2 is 2.27 bits per heavy atom.